The molecule has 0 atom stereocenters. The number of hydrogen-bond acceptors (Lipinski definition) is 1. The van der Waals surface area contributed by atoms with Gasteiger partial charge in [-0.1, -0.05) is 6.07 Å². The van der Waals surface area contributed by atoms with Crippen molar-refractivity contribution in [3.05, 3.63) is 45.7 Å². The Bertz CT molecular complexity index is 566. The number of aryl methyl sites for hydroxylation is 3. The minimum Gasteiger partial charge on any atom is -0.347 e. The molecule has 0 bridgehead atoms. The summed E-state index contributed by atoms with van der Waals surface area (Å²) in [4.78, 5) is 11.7. The van der Waals surface area contributed by atoms with Crippen LogP contribution in [-0.4, -0.2) is 4.57 Å². The second-order valence-corrected chi connectivity index (χ2v) is 3.94. The molecule has 0 N–H and O–H groups in total. The summed E-state index contributed by atoms with van der Waals surface area (Å²) in [6.45, 7) is 7.06. The van der Waals surface area contributed by atoms with E-state index in [4.69, 9.17) is 0 Å². The van der Waals surface area contributed by atoms with Crippen LogP contribution < -0.4 is 5.43 Å². The van der Waals surface area contributed by atoms with E-state index in [0.29, 0.717) is 0 Å². The van der Waals surface area contributed by atoms with Gasteiger partial charge in [0.05, 0.1) is 5.52 Å². The van der Waals surface area contributed by atoms with Crippen LogP contribution in [0.25, 0.3) is 10.9 Å². The van der Waals surface area contributed by atoms with E-state index in [0.717, 1.165) is 23.0 Å². The second-order valence-electron chi connectivity index (χ2n) is 3.94. The van der Waals surface area contributed by atoms with Crippen molar-refractivity contribution in [3.8, 4) is 0 Å². The van der Waals surface area contributed by atoms with Gasteiger partial charge in [-0.3, -0.25) is 4.79 Å². The van der Waals surface area contributed by atoms with Gasteiger partial charge in [-0.25, -0.2) is 0 Å². The fraction of sp³-hybridized carbons (Fsp3) is 0.308. The Hall–Kier alpha value is -1.57. The third kappa shape index (κ3) is 1.56. The van der Waals surface area contributed by atoms with E-state index >= 15 is 0 Å². The molecule has 0 amide bonds. The van der Waals surface area contributed by atoms with Crippen LogP contribution in [0.4, 0.5) is 0 Å². The molecule has 2 nitrogen and oxygen atoms in total. The zero-order valence-corrected chi connectivity index (χ0v) is 9.37. The monoisotopic (exact) mass is 201 g/mol. The van der Waals surface area contributed by atoms with Gasteiger partial charge in [0.1, 0.15) is 0 Å². The Morgan fingerprint density at radius 1 is 1.27 bits per heavy atom. The van der Waals surface area contributed by atoms with Crippen molar-refractivity contribution < 1.29 is 0 Å². The van der Waals surface area contributed by atoms with E-state index in [1.165, 1.54) is 5.56 Å². The minimum atomic E-state index is 0.113. The summed E-state index contributed by atoms with van der Waals surface area (Å²) in [6, 6.07) is 5.73. The molecule has 0 aliphatic carbocycles. The molecule has 2 rings (SSSR count). The van der Waals surface area contributed by atoms with Crippen LogP contribution in [0.1, 0.15) is 18.1 Å². The molecule has 2 heteroatoms. The van der Waals surface area contributed by atoms with Gasteiger partial charge in [0.2, 0.25) is 0 Å². The van der Waals surface area contributed by atoms with Crippen molar-refractivity contribution >= 4 is 10.9 Å². The van der Waals surface area contributed by atoms with Crippen LogP contribution in [-0.2, 0) is 6.54 Å². The van der Waals surface area contributed by atoms with Gasteiger partial charge in [0, 0.05) is 24.2 Å². The smallest absolute Gasteiger partial charge is 0.189 e. The lowest BCUT2D eigenvalue weighted by molar-refractivity contribution is 0.785. The second kappa shape index (κ2) is 3.54. The molecule has 1 heterocycles. The molecule has 0 spiro atoms. The predicted octanol–water partition coefficient (Wildman–Crippen LogP) is 2.64. The average Bonchev–Trinajstić information content (AvgIpc) is 2.19. The topological polar surface area (TPSA) is 22.0 Å². The summed E-state index contributed by atoms with van der Waals surface area (Å²) in [5.74, 6) is 0. The number of pyridine rings is 1. The number of nitrogens with zero attached hydrogens (tertiary/aromatic N) is 1. The van der Waals surface area contributed by atoms with Gasteiger partial charge in [0.25, 0.3) is 0 Å². The van der Waals surface area contributed by atoms with E-state index in [1.54, 1.807) is 6.07 Å². The first kappa shape index (κ1) is 9.97. The highest BCUT2D eigenvalue weighted by Gasteiger charge is 2.05. The Balaban J connectivity index is 3.00. The van der Waals surface area contributed by atoms with Gasteiger partial charge >= 0.3 is 0 Å². The summed E-state index contributed by atoms with van der Waals surface area (Å²) in [7, 11) is 0. The van der Waals surface area contributed by atoms with Crippen LogP contribution in [0.5, 0.6) is 0 Å². The Morgan fingerprint density at radius 3 is 2.67 bits per heavy atom. The molecule has 2 aromatic rings. The maximum Gasteiger partial charge on any atom is 0.189 e. The molecule has 0 aliphatic heterocycles. The highest BCUT2D eigenvalue weighted by atomic mass is 16.1. The lowest BCUT2D eigenvalue weighted by Gasteiger charge is -2.11. The van der Waals surface area contributed by atoms with Crippen LogP contribution >= 0.6 is 0 Å². The molecule has 0 radical (unpaired) electrons. The molecule has 1 aromatic heterocycles. The lowest BCUT2D eigenvalue weighted by Crippen LogP contribution is -2.08. The molecule has 0 unspecified atom stereocenters. The van der Waals surface area contributed by atoms with E-state index < -0.39 is 0 Å². The first-order valence-electron chi connectivity index (χ1n) is 5.24. The first-order valence-corrected chi connectivity index (χ1v) is 5.24. The third-order valence-electron chi connectivity index (χ3n) is 2.74. The Kier molecular flexibility index (Phi) is 2.35. The van der Waals surface area contributed by atoms with E-state index in [1.807, 2.05) is 19.2 Å². The van der Waals surface area contributed by atoms with Gasteiger partial charge < -0.3 is 4.57 Å². The highest BCUT2D eigenvalue weighted by molar-refractivity contribution is 5.82. The summed E-state index contributed by atoms with van der Waals surface area (Å²) in [5.41, 5.74) is 3.49. The lowest BCUT2D eigenvalue weighted by atomic mass is 10.1. The molecule has 15 heavy (non-hydrogen) atoms. The minimum absolute atomic E-state index is 0.113. The zero-order chi connectivity index (χ0) is 11.0. The number of fused-ring (bicyclic) bond motifs is 1. The normalized spacial score (nSPS) is 10.9. The summed E-state index contributed by atoms with van der Waals surface area (Å²) >= 11 is 0. The summed E-state index contributed by atoms with van der Waals surface area (Å²) < 4.78 is 2.12. The number of aromatic nitrogens is 1. The van der Waals surface area contributed by atoms with Crippen molar-refractivity contribution in [3.63, 3.8) is 0 Å². The molecule has 0 aliphatic rings. The highest BCUT2D eigenvalue weighted by Crippen LogP contribution is 2.17. The third-order valence-corrected chi connectivity index (χ3v) is 2.74. The quantitative estimate of drug-likeness (QED) is 0.695. The fourth-order valence-electron chi connectivity index (χ4n) is 2.11. The SMILES string of the molecule is CCn1ccc(=O)c2cc(C)cc(C)c21. The van der Waals surface area contributed by atoms with Crippen molar-refractivity contribution in [2.45, 2.75) is 27.3 Å². The predicted molar refractivity (Wildman–Crippen MR) is 63.4 cm³/mol. The van der Waals surface area contributed by atoms with Crippen LogP contribution in [0.15, 0.2) is 29.2 Å². The van der Waals surface area contributed by atoms with Crippen molar-refractivity contribution in [2.24, 2.45) is 0 Å². The Morgan fingerprint density at radius 2 is 2.00 bits per heavy atom. The number of hydrogen-bond donors (Lipinski definition) is 0. The molecule has 78 valence electrons. The van der Waals surface area contributed by atoms with Crippen LogP contribution in [0.3, 0.4) is 0 Å². The molecule has 0 fully saturated rings. The van der Waals surface area contributed by atoms with Crippen molar-refractivity contribution in [1.82, 2.24) is 4.57 Å². The summed E-state index contributed by atoms with van der Waals surface area (Å²) in [6.07, 6.45) is 1.87. The van der Waals surface area contributed by atoms with E-state index in [9.17, 15) is 4.79 Å². The average molecular weight is 201 g/mol. The number of rotatable bonds is 1. The summed E-state index contributed by atoms with van der Waals surface area (Å²) in [5, 5.41) is 0.830. The van der Waals surface area contributed by atoms with Crippen molar-refractivity contribution in [1.29, 1.82) is 0 Å². The first-order chi connectivity index (χ1) is 7.13. The Labute approximate surface area is 89.2 Å². The maximum atomic E-state index is 11.7. The number of benzene rings is 1. The van der Waals surface area contributed by atoms with Crippen LogP contribution in [0.2, 0.25) is 0 Å². The maximum absolute atomic E-state index is 11.7. The van der Waals surface area contributed by atoms with Crippen molar-refractivity contribution in [2.75, 3.05) is 0 Å². The van der Waals surface area contributed by atoms with Crippen LogP contribution in [0, 0.1) is 13.8 Å². The zero-order valence-electron chi connectivity index (χ0n) is 9.37. The molecular weight excluding hydrogens is 186 g/mol. The molecule has 0 saturated carbocycles. The van der Waals surface area contributed by atoms with Gasteiger partial charge in [0.15, 0.2) is 5.43 Å². The van der Waals surface area contributed by atoms with Gasteiger partial charge in [-0.05, 0) is 38.0 Å². The van der Waals surface area contributed by atoms with Gasteiger partial charge in [-0.2, -0.15) is 0 Å². The largest absolute Gasteiger partial charge is 0.347 e. The molecule has 1 aromatic carbocycles. The molecule has 0 saturated heterocycles. The van der Waals surface area contributed by atoms with E-state index in [2.05, 4.69) is 24.5 Å². The standard InChI is InChI=1S/C13H15NO/c1-4-14-6-5-12(15)11-8-9(2)7-10(3)13(11)14/h5-8H,4H2,1-3H3. The fourth-order valence-corrected chi connectivity index (χ4v) is 2.11. The van der Waals surface area contributed by atoms with Gasteiger partial charge in [-0.15, -0.1) is 0 Å². The molecular formula is C13H15NO. The van der Waals surface area contributed by atoms with E-state index in [-0.39, 0.29) is 5.43 Å².